The van der Waals surface area contributed by atoms with Crippen LogP contribution in [-0.2, 0) is 72.0 Å². The number of likely N-dealkylation sites (tertiary alicyclic amines) is 1. The van der Waals surface area contributed by atoms with Crippen molar-refractivity contribution in [2.75, 3.05) is 24.6 Å². The smallest absolute Gasteiger partial charge is 0.327 e. The van der Waals surface area contributed by atoms with Crippen molar-refractivity contribution in [3.05, 3.63) is 102 Å². The number of aliphatic hydroxyl groups is 1. The molecule has 0 aliphatic carbocycles. The first kappa shape index (κ1) is 74.0. The zero-order valence-corrected chi connectivity index (χ0v) is 52.3. The molecule has 3 aromatic rings. The molecule has 10 amide bonds. The Kier molecular flexibility index (Phi) is 30.8. The number of aliphatic imine (C=N–C) groups is 1. The van der Waals surface area contributed by atoms with Gasteiger partial charge in [0.1, 0.15) is 60.1 Å². The molecule has 0 unspecified atom stereocenters. The van der Waals surface area contributed by atoms with Crippen molar-refractivity contribution >= 4 is 96.3 Å². The maximum atomic E-state index is 15.1. The summed E-state index contributed by atoms with van der Waals surface area (Å²) in [5.41, 5.74) is 23.8. The number of nitrogens with two attached hydrogens (primary N) is 4. The summed E-state index contributed by atoms with van der Waals surface area (Å²) >= 11 is 8.07. The molecular weight excluding hydrogens is 1200 g/mol. The third-order valence-electron chi connectivity index (χ3n) is 14.9. The second-order valence-electron chi connectivity index (χ2n) is 22.0. The number of carboxylic acids is 1. The molecule has 1 aliphatic heterocycles. The number of phenolic OH excluding ortho intramolecular Hbond substituents is 1. The molecule has 1 aliphatic rings. The van der Waals surface area contributed by atoms with Crippen molar-refractivity contribution < 1.29 is 68.1 Å². The predicted octanol–water partition coefficient (Wildman–Crippen LogP) is -2.30. The van der Waals surface area contributed by atoms with Crippen molar-refractivity contribution in [3.63, 3.8) is 0 Å². The van der Waals surface area contributed by atoms with E-state index in [4.69, 9.17) is 22.9 Å². The van der Waals surface area contributed by atoms with Crippen LogP contribution in [0.15, 0.2) is 89.9 Å². The van der Waals surface area contributed by atoms with Crippen LogP contribution in [0.5, 0.6) is 5.75 Å². The zero-order chi connectivity index (χ0) is 66.6. The molecule has 0 aromatic heterocycles. The maximum Gasteiger partial charge on any atom is 0.327 e. The number of nitrogens with one attached hydrogen (secondary N) is 8. The lowest BCUT2D eigenvalue weighted by atomic mass is 9.96. The van der Waals surface area contributed by atoms with Gasteiger partial charge in [0.05, 0.1) is 12.1 Å². The standard InChI is InChI=1S/C60H86N14O14S2/c1-4-13-40(51(79)72-46(32-90)59(87)88)68-57(85)49(33(3)5-2)73-56(84)47-29-38(76)30-74(47)58(86)45(28-35-16-10-7-11-17-35)71-55(83)43(26-34-14-8-6-9-15-34)70-54(82)44(27-36-19-21-37(75)22-20-36)69-53(81)42(23-24-48(62)77)67-52(80)41(18-12-25-65-60(63)64)66-50(78)39(61)31-89/h6-11,14-17,19-22,33,38-47,49,75-76,89-90H,4-5,12-13,18,23-32,61H2,1-3H3,(H2,62,77)(H,66,78)(H,67,80)(H,68,85)(H,69,81)(H,70,82)(H,71,83)(H,72,79)(H,73,84)(H,87,88)(H4,63,64,65)/t33-,38+,39-,40-,41-,42-,43-,44-,45-,46-,47-,49-/m0/s1. The number of rotatable bonds is 37. The fourth-order valence-corrected chi connectivity index (χ4v) is 10.1. The van der Waals surface area contributed by atoms with Crippen molar-refractivity contribution in [2.45, 2.75) is 158 Å². The van der Waals surface area contributed by atoms with E-state index in [2.05, 4.69) is 72.8 Å². The fourth-order valence-electron chi connectivity index (χ4n) is 9.70. The molecular formula is C60H86N14O14S2. The number of carboxylic acid groups (broad SMARTS) is 1. The van der Waals surface area contributed by atoms with E-state index < -0.39 is 144 Å². The Hall–Kier alpha value is -8.48. The van der Waals surface area contributed by atoms with Crippen LogP contribution in [0, 0.1) is 5.92 Å². The molecule has 0 radical (unpaired) electrons. The number of guanidine groups is 1. The Morgan fingerprint density at radius 2 is 1.04 bits per heavy atom. The van der Waals surface area contributed by atoms with Gasteiger partial charge < -0.3 is 85.7 Å². The number of aliphatic hydroxyl groups excluding tert-OH is 1. The van der Waals surface area contributed by atoms with Crippen LogP contribution in [-0.4, -0.2) is 182 Å². The van der Waals surface area contributed by atoms with Gasteiger partial charge in [-0.2, -0.15) is 25.3 Å². The first-order valence-corrected chi connectivity index (χ1v) is 30.9. The minimum atomic E-state index is -1.58. The molecule has 4 rings (SSSR count). The first-order valence-electron chi connectivity index (χ1n) is 29.6. The number of β-amino-alcohol motifs (C(OH)–C–C–N with tert-alkyl or cyclic N) is 1. The number of carbonyl (C=O) groups excluding carboxylic acids is 10. The molecule has 28 nitrogen and oxygen atoms in total. The molecule has 1 heterocycles. The molecule has 3 aromatic carbocycles. The van der Waals surface area contributed by atoms with Crippen molar-refractivity contribution in [2.24, 2.45) is 33.8 Å². The second kappa shape index (κ2) is 37.5. The minimum absolute atomic E-state index is 0.0527. The van der Waals surface area contributed by atoms with Gasteiger partial charge in [0.25, 0.3) is 0 Å². The Labute approximate surface area is 533 Å². The molecule has 90 heavy (non-hydrogen) atoms. The normalized spacial score (nSPS) is 16.9. The number of phenols is 1. The van der Waals surface area contributed by atoms with E-state index in [1.807, 2.05) is 0 Å². The number of benzene rings is 3. The Morgan fingerprint density at radius 1 is 0.589 bits per heavy atom. The predicted molar refractivity (Wildman–Crippen MR) is 340 cm³/mol. The summed E-state index contributed by atoms with van der Waals surface area (Å²) < 4.78 is 0. The van der Waals surface area contributed by atoms with Crippen LogP contribution >= 0.6 is 25.3 Å². The lowest BCUT2D eigenvalue weighted by molar-refractivity contribution is -0.143. The molecule has 30 heteroatoms. The van der Waals surface area contributed by atoms with E-state index in [-0.39, 0.29) is 87.7 Å². The molecule has 0 spiro atoms. The summed E-state index contributed by atoms with van der Waals surface area (Å²) in [6.45, 7) is 4.88. The number of aromatic hydroxyl groups is 1. The van der Waals surface area contributed by atoms with E-state index in [9.17, 15) is 58.5 Å². The van der Waals surface area contributed by atoms with E-state index >= 15 is 9.59 Å². The van der Waals surface area contributed by atoms with E-state index in [0.717, 1.165) is 4.90 Å². The summed E-state index contributed by atoms with van der Waals surface area (Å²) in [6.07, 6.45) is -2.02. The number of nitrogens with zero attached hydrogens (tertiary/aromatic N) is 2. The molecule has 0 saturated carbocycles. The topological polar surface area (TPSA) is 464 Å². The zero-order valence-electron chi connectivity index (χ0n) is 50.5. The van der Waals surface area contributed by atoms with Crippen molar-refractivity contribution in [3.8, 4) is 5.75 Å². The number of aliphatic carboxylic acids is 1. The number of carbonyl (C=O) groups is 11. The summed E-state index contributed by atoms with van der Waals surface area (Å²) in [7, 11) is 0. The van der Waals surface area contributed by atoms with Gasteiger partial charge >= 0.3 is 5.97 Å². The van der Waals surface area contributed by atoms with Crippen molar-refractivity contribution in [1.82, 2.24) is 47.4 Å². The average Bonchev–Trinajstić information content (AvgIpc) is 1.85. The van der Waals surface area contributed by atoms with Gasteiger partial charge in [-0.3, -0.25) is 52.9 Å². The quantitative estimate of drug-likeness (QED) is 0.0125. The third kappa shape index (κ3) is 24.1. The number of hydrogen-bond donors (Lipinski definition) is 17. The molecule has 0 bridgehead atoms. The van der Waals surface area contributed by atoms with Crippen LogP contribution in [0.3, 0.4) is 0 Å². The summed E-state index contributed by atoms with van der Waals surface area (Å²) in [4.78, 5) is 157. The summed E-state index contributed by atoms with van der Waals surface area (Å²) in [5, 5.41) is 51.8. The lowest BCUT2D eigenvalue weighted by Gasteiger charge is -2.32. The van der Waals surface area contributed by atoms with Crippen LogP contribution in [0.1, 0.15) is 88.8 Å². The Bertz CT molecular complexity index is 2950. The first-order chi connectivity index (χ1) is 42.8. The van der Waals surface area contributed by atoms with Crippen LogP contribution in [0.2, 0.25) is 0 Å². The Balaban J connectivity index is 1.71. The summed E-state index contributed by atoms with van der Waals surface area (Å²) in [6, 6.07) is 8.79. The highest BCUT2D eigenvalue weighted by atomic mass is 32.1. The van der Waals surface area contributed by atoms with Crippen LogP contribution in [0.25, 0.3) is 0 Å². The van der Waals surface area contributed by atoms with Crippen LogP contribution in [0.4, 0.5) is 0 Å². The fraction of sp³-hybridized carbons (Fsp3) is 0.500. The maximum absolute atomic E-state index is 15.1. The highest BCUT2D eigenvalue weighted by Crippen LogP contribution is 2.23. The highest BCUT2D eigenvalue weighted by molar-refractivity contribution is 7.80. The largest absolute Gasteiger partial charge is 0.508 e. The monoisotopic (exact) mass is 1290 g/mol. The van der Waals surface area contributed by atoms with Gasteiger partial charge in [0, 0.05) is 56.7 Å². The van der Waals surface area contributed by atoms with Gasteiger partial charge in [-0.25, -0.2) is 4.79 Å². The average molecular weight is 1290 g/mol. The lowest BCUT2D eigenvalue weighted by Crippen LogP contribution is -2.61. The van der Waals surface area contributed by atoms with Gasteiger partial charge in [-0.15, -0.1) is 0 Å². The summed E-state index contributed by atoms with van der Waals surface area (Å²) in [5.74, 6) is -11.1. The van der Waals surface area contributed by atoms with Crippen LogP contribution < -0.4 is 65.5 Å². The molecule has 1 saturated heterocycles. The molecule has 1 fully saturated rings. The second-order valence-corrected chi connectivity index (χ2v) is 22.7. The van der Waals surface area contributed by atoms with Gasteiger partial charge in [0.2, 0.25) is 59.1 Å². The minimum Gasteiger partial charge on any atom is -0.508 e. The van der Waals surface area contributed by atoms with E-state index in [1.54, 1.807) is 81.4 Å². The molecule has 19 N–H and O–H groups in total. The van der Waals surface area contributed by atoms with E-state index in [1.165, 1.54) is 24.3 Å². The Morgan fingerprint density at radius 3 is 1.53 bits per heavy atom. The number of thiol groups is 2. The number of amides is 10. The highest BCUT2D eigenvalue weighted by Gasteiger charge is 2.44. The third-order valence-corrected chi connectivity index (χ3v) is 15.7. The van der Waals surface area contributed by atoms with Gasteiger partial charge in [-0.1, -0.05) is 106 Å². The van der Waals surface area contributed by atoms with Crippen molar-refractivity contribution in [1.29, 1.82) is 0 Å². The van der Waals surface area contributed by atoms with Gasteiger partial charge in [-0.05, 0) is 60.4 Å². The number of primary amides is 1. The van der Waals surface area contributed by atoms with Gasteiger partial charge in [0.15, 0.2) is 5.96 Å². The van der Waals surface area contributed by atoms with E-state index in [0.29, 0.717) is 29.5 Å². The molecule has 492 valence electrons. The number of hydrogen-bond acceptors (Lipinski definition) is 17. The SMILES string of the molecule is CCC[C@H](NC(=O)[C@@H](NC(=O)[C@@H]1C[C@@H](O)CN1C(=O)[C@H](Cc1ccccc1)NC(=O)[C@H](Cc1ccccc1)NC(=O)[C@H](Cc1ccc(O)cc1)NC(=O)[C@H](CCC(N)=O)NC(=O)[C@H](CCCN=C(N)N)NC(=O)[C@@H](N)CS)[C@@H](C)CC)C(=O)N[C@@H](CS)C(=O)O. The molecule has 12 atom stereocenters.